The normalized spacial score (nSPS) is 9.37. The number of aliphatic hydroxyl groups excluding tert-OH is 2. The molecule has 0 heterocycles. The summed E-state index contributed by atoms with van der Waals surface area (Å²) >= 11 is 0. The van der Waals surface area contributed by atoms with Crippen LogP contribution in [0.4, 0.5) is 0 Å². The van der Waals surface area contributed by atoms with E-state index in [0.29, 0.717) is 0 Å². The van der Waals surface area contributed by atoms with Crippen LogP contribution in [0.3, 0.4) is 0 Å². The van der Waals surface area contributed by atoms with Gasteiger partial charge in [-0.05, 0) is 0 Å². The fourth-order valence-electron chi connectivity index (χ4n) is 0.614. The van der Waals surface area contributed by atoms with Crippen LogP contribution in [0.25, 0.3) is 0 Å². The SMILES string of the molecule is O=C(CO)OCC(=O)OCOC(=O)COC(=O)CO. The van der Waals surface area contributed by atoms with E-state index in [-0.39, 0.29) is 0 Å². The van der Waals surface area contributed by atoms with Crippen LogP contribution in [0.1, 0.15) is 0 Å². The van der Waals surface area contributed by atoms with Gasteiger partial charge in [-0.1, -0.05) is 0 Å². The van der Waals surface area contributed by atoms with E-state index < -0.39 is 57.1 Å². The quantitative estimate of drug-likeness (QED) is 0.269. The standard InChI is InChI=1S/C9H12O10/c10-1-6(12)16-3-8(14)18-5-19-9(15)4-17-7(13)2-11/h10-11H,1-5H2. The van der Waals surface area contributed by atoms with Gasteiger partial charge in [0.15, 0.2) is 13.2 Å². The summed E-state index contributed by atoms with van der Waals surface area (Å²) in [6.07, 6.45) is 0. The van der Waals surface area contributed by atoms with Crippen molar-refractivity contribution in [3.05, 3.63) is 0 Å². The molecule has 0 aliphatic rings. The van der Waals surface area contributed by atoms with Crippen LogP contribution in [-0.2, 0) is 38.1 Å². The third kappa shape index (κ3) is 9.50. The molecule has 0 aliphatic heterocycles. The predicted octanol–water partition coefficient (Wildman–Crippen LogP) is -2.90. The minimum atomic E-state index is -1.01. The molecule has 10 nitrogen and oxygen atoms in total. The Labute approximate surface area is 106 Å². The van der Waals surface area contributed by atoms with Crippen molar-refractivity contribution in [3.63, 3.8) is 0 Å². The summed E-state index contributed by atoms with van der Waals surface area (Å²) in [5, 5.41) is 16.5. The molecule has 0 radical (unpaired) electrons. The van der Waals surface area contributed by atoms with Crippen LogP contribution in [0, 0.1) is 0 Å². The molecule has 19 heavy (non-hydrogen) atoms. The number of hydrogen-bond donors (Lipinski definition) is 2. The van der Waals surface area contributed by atoms with E-state index in [1.54, 1.807) is 0 Å². The molecule has 0 aliphatic carbocycles. The molecule has 108 valence electrons. The van der Waals surface area contributed by atoms with E-state index in [1.165, 1.54) is 0 Å². The lowest BCUT2D eigenvalue weighted by molar-refractivity contribution is -0.177. The van der Waals surface area contributed by atoms with E-state index in [4.69, 9.17) is 10.2 Å². The number of ether oxygens (including phenoxy) is 4. The molecule has 0 fully saturated rings. The molecule has 2 N–H and O–H groups in total. The summed E-state index contributed by atoms with van der Waals surface area (Å²) in [6, 6.07) is 0. The van der Waals surface area contributed by atoms with Crippen molar-refractivity contribution in [1.82, 2.24) is 0 Å². The Morgan fingerprint density at radius 1 is 0.632 bits per heavy atom. The van der Waals surface area contributed by atoms with Gasteiger partial charge in [-0.25, -0.2) is 19.2 Å². The van der Waals surface area contributed by atoms with Crippen molar-refractivity contribution >= 4 is 23.9 Å². The molecule has 0 amide bonds. The van der Waals surface area contributed by atoms with E-state index in [1.807, 2.05) is 0 Å². The number of hydrogen-bond acceptors (Lipinski definition) is 10. The van der Waals surface area contributed by atoms with Crippen LogP contribution in [-0.4, -0.2) is 67.3 Å². The second-order valence-corrected chi connectivity index (χ2v) is 2.79. The Bertz CT molecular complexity index is 304. The lowest BCUT2D eigenvalue weighted by atomic mass is 10.7. The number of esters is 4. The van der Waals surface area contributed by atoms with E-state index in [0.717, 1.165) is 0 Å². The van der Waals surface area contributed by atoms with Gasteiger partial charge < -0.3 is 29.2 Å². The fraction of sp³-hybridized carbons (Fsp3) is 0.556. The topological polar surface area (TPSA) is 146 Å². The van der Waals surface area contributed by atoms with Crippen LogP contribution in [0.15, 0.2) is 0 Å². The molecular formula is C9H12O10. The van der Waals surface area contributed by atoms with Gasteiger partial charge in [0, 0.05) is 0 Å². The summed E-state index contributed by atoms with van der Waals surface area (Å²) in [4.78, 5) is 42.6. The molecule has 0 unspecified atom stereocenters. The molecule has 0 aromatic rings. The third-order valence-electron chi connectivity index (χ3n) is 1.40. The maximum atomic E-state index is 10.9. The molecule has 0 aromatic heterocycles. The highest BCUT2D eigenvalue weighted by atomic mass is 16.7. The Balaban J connectivity index is 3.61. The second-order valence-electron chi connectivity index (χ2n) is 2.79. The minimum absolute atomic E-state index is 0.740. The second kappa shape index (κ2) is 9.79. The molecule has 0 saturated carbocycles. The molecule has 0 atom stereocenters. The van der Waals surface area contributed by atoms with Crippen LogP contribution < -0.4 is 0 Å². The van der Waals surface area contributed by atoms with Crippen LogP contribution >= 0.6 is 0 Å². The Hall–Kier alpha value is -2.20. The maximum Gasteiger partial charge on any atom is 0.347 e. The van der Waals surface area contributed by atoms with Crippen molar-refractivity contribution in [2.45, 2.75) is 0 Å². The predicted molar refractivity (Wildman–Crippen MR) is 53.1 cm³/mol. The highest BCUT2D eigenvalue weighted by molar-refractivity contribution is 5.78. The van der Waals surface area contributed by atoms with Gasteiger partial charge in [-0.2, -0.15) is 0 Å². The van der Waals surface area contributed by atoms with Gasteiger partial charge in [0.25, 0.3) is 0 Å². The van der Waals surface area contributed by atoms with Crippen LogP contribution in [0.5, 0.6) is 0 Å². The molecule has 0 aromatic carbocycles. The Kier molecular flexibility index (Phi) is 8.66. The molecule has 0 spiro atoms. The van der Waals surface area contributed by atoms with Crippen molar-refractivity contribution in [2.75, 3.05) is 33.2 Å². The molecule has 10 heteroatoms. The largest absolute Gasteiger partial charge is 0.452 e. The van der Waals surface area contributed by atoms with Gasteiger partial charge in [0.1, 0.15) is 13.2 Å². The van der Waals surface area contributed by atoms with Gasteiger partial charge >= 0.3 is 23.9 Å². The summed E-state index contributed by atoms with van der Waals surface area (Å²) in [5.74, 6) is -4.02. The third-order valence-corrected chi connectivity index (χ3v) is 1.40. The summed E-state index contributed by atoms with van der Waals surface area (Å²) in [7, 11) is 0. The average Bonchev–Trinajstić information content (AvgIpc) is 2.41. The first-order chi connectivity index (χ1) is 8.99. The zero-order valence-electron chi connectivity index (χ0n) is 9.70. The first kappa shape index (κ1) is 16.8. The highest BCUT2D eigenvalue weighted by Gasteiger charge is 2.10. The van der Waals surface area contributed by atoms with E-state index in [9.17, 15) is 19.2 Å². The molecule has 0 rings (SSSR count). The van der Waals surface area contributed by atoms with Gasteiger partial charge in [-0.15, -0.1) is 0 Å². The van der Waals surface area contributed by atoms with Gasteiger partial charge in [0.2, 0.25) is 6.79 Å². The smallest absolute Gasteiger partial charge is 0.347 e. The Morgan fingerprint density at radius 3 is 1.32 bits per heavy atom. The zero-order chi connectivity index (χ0) is 14.7. The molecule has 0 saturated heterocycles. The summed E-state index contributed by atoms with van der Waals surface area (Å²) in [5.41, 5.74) is 0. The monoisotopic (exact) mass is 280 g/mol. The molecule has 0 bridgehead atoms. The lowest BCUT2D eigenvalue weighted by Crippen LogP contribution is -2.22. The van der Waals surface area contributed by atoms with Crippen molar-refractivity contribution in [1.29, 1.82) is 0 Å². The zero-order valence-corrected chi connectivity index (χ0v) is 9.70. The average molecular weight is 280 g/mol. The summed E-state index contributed by atoms with van der Waals surface area (Å²) in [6.45, 7) is -3.99. The first-order valence-corrected chi connectivity index (χ1v) is 4.83. The minimum Gasteiger partial charge on any atom is -0.452 e. The Morgan fingerprint density at radius 2 is 1.00 bits per heavy atom. The van der Waals surface area contributed by atoms with E-state index in [2.05, 4.69) is 18.9 Å². The maximum absolute atomic E-state index is 10.9. The summed E-state index contributed by atoms with van der Waals surface area (Å²) < 4.78 is 17.0. The number of carbonyl (C=O) groups is 4. The van der Waals surface area contributed by atoms with Crippen molar-refractivity contribution < 1.29 is 48.3 Å². The lowest BCUT2D eigenvalue weighted by Gasteiger charge is -2.06. The van der Waals surface area contributed by atoms with Gasteiger partial charge in [0.05, 0.1) is 0 Å². The number of carbonyl (C=O) groups excluding carboxylic acids is 4. The molecular weight excluding hydrogens is 268 g/mol. The van der Waals surface area contributed by atoms with E-state index >= 15 is 0 Å². The first-order valence-electron chi connectivity index (χ1n) is 4.83. The van der Waals surface area contributed by atoms with Crippen molar-refractivity contribution in [2.24, 2.45) is 0 Å². The van der Waals surface area contributed by atoms with Gasteiger partial charge in [-0.3, -0.25) is 0 Å². The van der Waals surface area contributed by atoms with Crippen LogP contribution in [0.2, 0.25) is 0 Å². The fourth-order valence-corrected chi connectivity index (χ4v) is 0.614. The number of rotatable bonds is 8. The number of aliphatic hydroxyl groups is 2. The highest BCUT2D eigenvalue weighted by Crippen LogP contribution is 1.87. The van der Waals surface area contributed by atoms with Crippen molar-refractivity contribution in [3.8, 4) is 0 Å².